The summed E-state index contributed by atoms with van der Waals surface area (Å²) in [6, 6.07) is 13.1. The van der Waals surface area contributed by atoms with E-state index in [0.29, 0.717) is 36.8 Å². The van der Waals surface area contributed by atoms with E-state index in [2.05, 4.69) is 10.6 Å². The molecule has 3 amide bonds. The number of piperidine rings is 1. The number of rotatable bonds is 6. The van der Waals surface area contributed by atoms with Crippen LogP contribution in [0.15, 0.2) is 42.5 Å². The molecular weight excluding hydrogens is 394 g/mol. The van der Waals surface area contributed by atoms with Crippen LogP contribution in [0, 0.1) is 12.3 Å². The van der Waals surface area contributed by atoms with Gasteiger partial charge in [-0.3, -0.25) is 4.79 Å². The molecule has 31 heavy (non-hydrogen) atoms. The van der Waals surface area contributed by atoms with Gasteiger partial charge in [0.15, 0.2) is 0 Å². The van der Waals surface area contributed by atoms with Crippen LogP contribution < -0.4 is 20.1 Å². The Bertz CT molecular complexity index is 907. The predicted octanol–water partition coefficient (Wildman–Crippen LogP) is 3.96. The molecule has 0 saturated carbocycles. The summed E-state index contributed by atoms with van der Waals surface area (Å²) in [7, 11) is 3.12. The Morgan fingerprint density at radius 1 is 1.06 bits per heavy atom. The number of urea groups is 1. The molecule has 3 rings (SSSR count). The molecule has 1 aliphatic rings. The van der Waals surface area contributed by atoms with Gasteiger partial charge in [-0.25, -0.2) is 4.79 Å². The molecule has 2 N–H and O–H groups in total. The lowest BCUT2D eigenvalue weighted by atomic mass is 9.81. The topological polar surface area (TPSA) is 79.9 Å². The number of carbonyl (C=O) groups excluding carboxylic acids is 2. The molecule has 1 aliphatic heterocycles. The Morgan fingerprint density at radius 3 is 2.32 bits per heavy atom. The molecule has 0 spiro atoms. The van der Waals surface area contributed by atoms with Gasteiger partial charge in [0.05, 0.1) is 19.6 Å². The highest BCUT2D eigenvalue weighted by Crippen LogP contribution is 2.31. The lowest BCUT2D eigenvalue weighted by molar-refractivity contribution is -0.132. The summed E-state index contributed by atoms with van der Waals surface area (Å²) in [5, 5.41) is 5.93. The van der Waals surface area contributed by atoms with E-state index in [4.69, 9.17) is 9.47 Å². The molecule has 0 radical (unpaired) electrons. The van der Waals surface area contributed by atoms with Crippen LogP contribution in [0.25, 0.3) is 0 Å². The first-order valence-electron chi connectivity index (χ1n) is 10.5. The number of nitrogens with one attached hydrogen (secondary N) is 2. The van der Waals surface area contributed by atoms with Crippen LogP contribution in [-0.4, -0.2) is 44.1 Å². The Hall–Kier alpha value is -3.22. The fourth-order valence-corrected chi connectivity index (χ4v) is 3.78. The maximum absolute atomic E-state index is 13.0. The number of hydrogen-bond donors (Lipinski definition) is 2. The molecule has 1 unspecified atom stereocenters. The number of likely N-dealkylation sites (tertiary alicyclic amines) is 1. The van der Waals surface area contributed by atoms with Gasteiger partial charge in [-0.15, -0.1) is 0 Å². The SMILES string of the molecule is COc1cc(NC(=O)N2CCCC(C)(C(=O)NCc3ccc(C)cc3)C2)cc(OC)c1. The van der Waals surface area contributed by atoms with E-state index in [1.165, 1.54) is 5.56 Å². The summed E-state index contributed by atoms with van der Waals surface area (Å²) in [5.74, 6) is 1.15. The van der Waals surface area contributed by atoms with E-state index >= 15 is 0 Å². The second-order valence-electron chi connectivity index (χ2n) is 8.29. The van der Waals surface area contributed by atoms with Crippen LogP contribution in [0.5, 0.6) is 11.5 Å². The van der Waals surface area contributed by atoms with E-state index in [-0.39, 0.29) is 11.9 Å². The molecule has 166 valence electrons. The van der Waals surface area contributed by atoms with E-state index in [0.717, 1.165) is 18.4 Å². The summed E-state index contributed by atoms with van der Waals surface area (Å²) in [5.41, 5.74) is 2.19. The van der Waals surface area contributed by atoms with Gasteiger partial charge < -0.3 is 25.0 Å². The summed E-state index contributed by atoms with van der Waals surface area (Å²) < 4.78 is 10.5. The highest BCUT2D eigenvalue weighted by Gasteiger charge is 2.39. The van der Waals surface area contributed by atoms with Crippen molar-refractivity contribution in [1.82, 2.24) is 10.2 Å². The van der Waals surface area contributed by atoms with Crippen LogP contribution >= 0.6 is 0 Å². The predicted molar refractivity (Wildman–Crippen MR) is 121 cm³/mol. The zero-order chi connectivity index (χ0) is 22.4. The van der Waals surface area contributed by atoms with Gasteiger partial charge in [0.2, 0.25) is 5.91 Å². The normalized spacial score (nSPS) is 18.3. The van der Waals surface area contributed by atoms with Gasteiger partial charge >= 0.3 is 6.03 Å². The molecule has 0 aliphatic carbocycles. The molecule has 2 aromatic carbocycles. The largest absolute Gasteiger partial charge is 0.497 e. The minimum absolute atomic E-state index is 0.0337. The van der Waals surface area contributed by atoms with Crippen molar-refractivity contribution in [3.05, 3.63) is 53.6 Å². The van der Waals surface area contributed by atoms with Crippen molar-refractivity contribution >= 4 is 17.6 Å². The smallest absolute Gasteiger partial charge is 0.321 e. The van der Waals surface area contributed by atoms with Crippen LogP contribution in [0.2, 0.25) is 0 Å². The first-order chi connectivity index (χ1) is 14.8. The highest BCUT2D eigenvalue weighted by molar-refractivity contribution is 5.91. The second-order valence-corrected chi connectivity index (χ2v) is 8.29. The maximum atomic E-state index is 13.0. The van der Waals surface area contributed by atoms with Crippen molar-refractivity contribution in [2.24, 2.45) is 5.41 Å². The first-order valence-corrected chi connectivity index (χ1v) is 10.5. The highest BCUT2D eigenvalue weighted by atomic mass is 16.5. The number of anilines is 1. The Kier molecular flexibility index (Phi) is 7.05. The summed E-state index contributed by atoms with van der Waals surface area (Å²) in [6.45, 7) is 5.40. The summed E-state index contributed by atoms with van der Waals surface area (Å²) in [4.78, 5) is 27.5. The van der Waals surface area contributed by atoms with Crippen molar-refractivity contribution < 1.29 is 19.1 Å². The number of amides is 3. The number of methoxy groups -OCH3 is 2. The third-order valence-electron chi connectivity index (χ3n) is 5.71. The zero-order valence-electron chi connectivity index (χ0n) is 18.7. The van der Waals surface area contributed by atoms with Crippen molar-refractivity contribution in [3.8, 4) is 11.5 Å². The van der Waals surface area contributed by atoms with Gasteiger partial charge in [0, 0.05) is 43.5 Å². The number of carbonyl (C=O) groups is 2. The Balaban J connectivity index is 1.62. The van der Waals surface area contributed by atoms with Crippen LogP contribution in [0.1, 0.15) is 30.9 Å². The number of aryl methyl sites for hydroxylation is 1. The quantitative estimate of drug-likeness (QED) is 0.734. The van der Waals surface area contributed by atoms with Gasteiger partial charge in [0.1, 0.15) is 11.5 Å². The molecule has 2 aromatic rings. The molecule has 1 saturated heterocycles. The van der Waals surface area contributed by atoms with Gasteiger partial charge in [-0.1, -0.05) is 29.8 Å². The maximum Gasteiger partial charge on any atom is 0.321 e. The first kappa shape index (κ1) is 22.5. The number of nitrogens with zero attached hydrogens (tertiary/aromatic N) is 1. The van der Waals surface area contributed by atoms with Crippen molar-refractivity contribution in [2.75, 3.05) is 32.6 Å². The molecular formula is C24H31N3O4. The average Bonchev–Trinajstić information content (AvgIpc) is 2.78. The lowest BCUT2D eigenvalue weighted by Gasteiger charge is -2.39. The summed E-state index contributed by atoms with van der Waals surface area (Å²) >= 11 is 0. The van der Waals surface area contributed by atoms with Crippen LogP contribution in [-0.2, 0) is 11.3 Å². The molecule has 0 bridgehead atoms. The fourth-order valence-electron chi connectivity index (χ4n) is 3.78. The Labute approximate surface area is 183 Å². The summed E-state index contributed by atoms with van der Waals surface area (Å²) in [6.07, 6.45) is 1.51. The lowest BCUT2D eigenvalue weighted by Crippen LogP contribution is -2.52. The number of hydrogen-bond acceptors (Lipinski definition) is 4. The standard InChI is InChI=1S/C24H31N3O4/c1-17-6-8-18(9-7-17)15-25-22(28)24(2)10-5-11-27(16-24)23(29)26-19-12-20(30-3)14-21(13-19)31-4/h6-9,12-14H,5,10-11,15-16H2,1-4H3,(H,25,28)(H,26,29). The van der Waals surface area contributed by atoms with Gasteiger partial charge in [0.25, 0.3) is 0 Å². The van der Waals surface area contributed by atoms with E-state index in [9.17, 15) is 9.59 Å². The van der Waals surface area contributed by atoms with Crippen molar-refractivity contribution in [2.45, 2.75) is 33.2 Å². The van der Waals surface area contributed by atoms with E-state index < -0.39 is 5.41 Å². The fraction of sp³-hybridized carbons (Fsp3) is 0.417. The third kappa shape index (κ3) is 5.69. The minimum Gasteiger partial charge on any atom is -0.497 e. The van der Waals surface area contributed by atoms with Crippen molar-refractivity contribution in [1.29, 1.82) is 0 Å². The van der Waals surface area contributed by atoms with E-state index in [1.54, 1.807) is 37.3 Å². The van der Waals surface area contributed by atoms with Crippen LogP contribution in [0.4, 0.5) is 10.5 Å². The van der Waals surface area contributed by atoms with E-state index in [1.807, 2.05) is 38.1 Å². The van der Waals surface area contributed by atoms with Gasteiger partial charge in [-0.2, -0.15) is 0 Å². The van der Waals surface area contributed by atoms with Crippen molar-refractivity contribution in [3.63, 3.8) is 0 Å². The van der Waals surface area contributed by atoms with Gasteiger partial charge in [-0.05, 0) is 32.3 Å². The molecule has 7 nitrogen and oxygen atoms in total. The third-order valence-corrected chi connectivity index (χ3v) is 5.71. The number of ether oxygens (including phenoxy) is 2. The number of benzene rings is 2. The molecule has 1 atom stereocenters. The molecule has 0 aromatic heterocycles. The molecule has 1 fully saturated rings. The second kappa shape index (κ2) is 9.73. The average molecular weight is 426 g/mol. The molecule has 1 heterocycles. The minimum atomic E-state index is -0.633. The monoisotopic (exact) mass is 425 g/mol. The zero-order valence-corrected chi connectivity index (χ0v) is 18.7. The molecule has 7 heteroatoms. The Morgan fingerprint density at radius 2 is 1.71 bits per heavy atom. The van der Waals surface area contributed by atoms with Crippen LogP contribution in [0.3, 0.4) is 0 Å².